The van der Waals surface area contributed by atoms with Gasteiger partial charge in [-0.05, 0) is 53.6 Å². The van der Waals surface area contributed by atoms with Crippen molar-refractivity contribution in [3.05, 3.63) is 182 Å². The van der Waals surface area contributed by atoms with Gasteiger partial charge in [0, 0.05) is 51.1 Å². The van der Waals surface area contributed by atoms with Crippen LogP contribution in [-0.4, -0.2) is 28.9 Å². The van der Waals surface area contributed by atoms with Crippen LogP contribution in [0.2, 0.25) is 0 Å². The average Bonchev–Trinajstić information content (AvgIpc) is 3.81. The molecule has 0 radical (unpaired) electrons. The molecule has 0 saturated heterocycles. The molecule has 0 N–H and O–H groups in total. The summed E-state index contributed by atoms with van der Waals surface area (Å²) in [6.45, 7) is 0. The molecule has 0 unspecified atom stereocenters. The average molecular weight is 667 g/mol. The maximum atomic E-state index is 5.17. The molecular formula is C46H30N6. The van der Waals surface area contributed by atoms with Crippen LogP contribution in [0.25, 0.3) is 89.7 Å². The number of rotatable bonds is 6. The molecule has 4 heterocycles. The van der Waals surface area contributed by atoms with Gasteiger partial charge in [0.2, 0.25) is 0 Å². The number of hydrogen-bond acceptors (Lipinski definition) is 4. The topological polar surface area (TPSA) is 60.9 Å². The smallest absolute Gasteiger partial charge is 0.164 e. The van der Waals surface area contributed by atoms with E-state index in [1.54, 1.807) is 0 Å². The quantitative estimate of drug-likeness (QED) is 0.177. The van der Waals surface area contributed by atoms with Crippen LogP contribution < -0.4 is 0 Å². The lowest BCUT2D eigenvalue weighted by molar-refractivity contribution is 1.08. The Bertz CT molecular complexity index is 2860. The minimum absolute atomic E-state index is 0.623. The zero-order valence-electron chi connectivity index (χ0n) is 28.0. The van der Waals surface area contributed by atoms with Gasteiger partial charge in [-0.2, -0.15) is 0 Å². The number of fused-ring (bicyclic) bond motifs is 4. The Kier molecular flexibility index (Phi) is 7.03. The Morgan fingerprint density at radius 2 is 1.02 bits per heavy atom. The highest BCUT2D eigenvalue weighted by Gasteiger charge is 2.19. The third kappa shape index (κ3) is 5.13. The van der Waals surface area contributed by atoms with E-state index in [1.165, 1.54) is 0 Å². The normalized spacial score (nSPS) is 11.5. The van der Waals surface area contributed by atoms with Gasteiger partial charge in [-0.15, -0.1) is 0 Å². The molecule has 0 amide bonds. The molecule has 244 valence electrons. The SMILES string of the molecule is c1ccc(-c2nc(-c3ccc(-c4cccc(-c5cn6ccccc6n5)c4)cc3)nc(-c3cccc4c3c3ccccc3n4-c3ccccc3)n2)cc1. The molecule has 6 nitrogen and oxygen atoms in total. The van der Waals surface area contributed by atoms with Crippen LogP contribution in [0.1, 0.15) is 0 Å². The van der Waals surface area contributed by atoms with E-state index in [4.69, 9.17) is 19.9 Å². The van der Waals surface area contributed by atoms with Gasteiger partial charge >= 0.3 is 0 Å². The number of aromatic nitrogens is 6. The Balaban J connectivity index is 1.09. The van der Waals surface area contributed by atoms with Crippen LogP contribution in [0.15, 0.2) is 182 Å². The van der Waals surface area contributed by atoms with Crippen molar-refractivity contribution in [3.8, 4) is 62.2 Å². The highest BCUT2D eigenvalue weighted by molar-refractivity contribution is 6.15. The summed E-state index contributed by atoms with van der Waals surface area (Å²) in [4.78, 5) is 20.2. The number of pyridine rings is 1. The first-order valence-electron chi connectivity index (χ1n) is 17.3. The Morgan fingerprint density at radius 1 is 0.404 bits per heavy atom. The molecule has 6 aromatic carbocycles. The fourth-order valence-corrected chi connectivity index (χ4v) is 7.15. The van der Waals surface area contributed by atoms with Gasteiger partial charge in [-0.1, -0.05) is 127 Å². The van der Waals surface area contributed by atoms with Gasteiger partial charge in [-0.3, -0.25) is 0 Å². The number of para-hydroxylation sites is 2. The van der Waals surface area contributed by atoms with Crippen molar-refractivity contribution in [2.24, 2.45) is 0 Å². The van der Waals surface area contributed by atoms with Crippen LogP contribution in [0, 0.1) is 0 Å². The molecule has 6 heteroatoms. The zero-order valence-corrected chi connectivity index (χ0v) is 28.0. The Labute approximate surface area is 300 Å². The summed E-state index contributed by atoms with van der Waals surface area (Å²) in [7, 11) is 0. The lowest BCUT2D eigenvalue weighted by atomic mass is 10.0. The predicted molar refractivity (Wildman–Crippen MR) is 210 cm³/mol. The van der Waals surface area contributed by atoms with Crippen molar-refractivity contribution < 1.29 is 0 Å². The van der Waals surface area contributed by atoms with Gasteiger partial charge in [-0.25, -0.2) is 19.9 Å². The van der Waals surface area contributed by atoms with Crippen molar-refractivity contribution in [2.75, 3.05) is 0 Å². The second-order valence-corrected chi connectivity index (χ2v) is 12.8. The maximum absolute atomic E-state index is 5.17. The minimum atomic E-state index is 0.623. The third-order valence-electron chi connectivity index (χ3n) is 9.62. The molecule has 0 saturated carbocycles. The van der Waals surface area contributed by atoms with E-state index in [9.17, 15) is 0 Å². The van der Waals surface area contributed by atoms with Crippen molar-refractivity contribution in [2.45, 2.75) is 0 Å². The standard InChI is InChI=1S/C46H30N6/c1-3-13-32(14-4-1)44-48-45(33-26-24-31(25-27-33)34-15-11-16-35(29-34)39-30-51-28-10-9-23-42(51)47-39)50-46(49-44)38-20-12-22-41-43(38)37-19-7-8-21-40(37)52(41)36-17-5-2-6-18-36/h1-30H. The number of nitrogens with zero attached hydrogens (tertiary/aromatic N) is 6. The van der Waals surface area contributed by atoms with Gasteiger partial charge < -0.3 is 8.97 Å². The summed E-state index contributed by atoms with van der Waals surface area (Å²) in [5.74, 6) is 1.89. The molecule has 0 aliphatic carbocycles. The van der Waals surface area contributed by atoms with E-state index in [0.29, 0.717) is 17.5 Å². The largest absolute Gasteiger partial charge is 0.309 e. The molecule has 0 spiro atoms. The van der Waals surface area contributed by atoms with Crippen molar-refractivity contribution >= 4 is 27.5 Å². The molecular weight excluding hydrogens is 637 g/mol. The molecule has 0 aliphatic heterocycles. The fourth-order valence-electron chi connectivity index (χ4n) is 7.15. The van der Waals surface area contributed by atoms with Crippen LogP contribution in [-0.2, 0) is 0 Å². The molecule has 10 aromatic rings. The van der Waals surface area contributed by atoms with Crippen LogP contribution in [0.4, 0.5) is 0 Å². The summed E-state index contributed by atoms with van der Waals surface area (Å²) >= 11 is 0. The maximum Gasteiger partial charge on any atom is 0.164 e. The van der Waals surface area contributed by atoms with E-state index >= 15 is 0 Å². The highest BCUT2D eigenvalue weighted by atomic mass is 15.0. The highest BCUT2D eigenvalue weighted by Crippen LogP contribution is 2.38. The summed E-state index contributed by atoms with van der Waals surface area (Å²) in [6.07, 6.45) is 4.09. The summed E-state index contributed by atoms with van der Waals surface area (Å²) in [5.41, 5.74) is 11.3. The van der Waals surface area contributed by atoms with Crippen LogP contribution in [0.5, 0.6) is 0 Å². The lowest BCUT2D eigenvalue weighted by Crippen LogP contribution is -2.00. The molecule has 52 heavy (non-hydrogen) atoms. The zero-order chi connectivity index (χ0) is 34.4. The van der Waals surface area contributed by atoms with E-state index in [1.807, 2.05) is 65.2 Å². The molecule has 0 aliphatic rings. The van der Waals surface area contributed by atoms with Crippen molar-refractivity contribution in [1.29, 1.82) is 0 Å². The molecule has 0 fully saturated rings. The van der Waals surface area contributed by atoms with Crippen molar-refractivity contribution in [3.63, 3.8) is 0 Å². The van der Waals surface area contributed by atoms with E-state index in [-0.39, 0.29) is 0 Å². The molecule has 0 bridgehead atoms. The summed E-state index contributed by atoms with van der Waals surface area (Å²) in [5, 5.41) is 2.26. The number of hydrogen-bond donors (Lipinski definition) is 0. The van der Waals surface area contributed by atoms with E-state index in [0.717, 1.165) is 72.2 Å². The van der Waals surface area contributed by atoms with E-state index in [2.05, 4.69) is 126 Å². The lowest BCUT2D eigenvalue weighted by Gasteiger charge is -2.11. The first-order chi connectivity index (χ1) is 25.8. The van der Waals surface area contributed by atoms with Gasteiger partial charge in [0.1, 0.15) is 5.65 Å². The molecule has 0 atom stereocenters. The summed E-state index contributed by atoms with van der Waals surface area (Å²) in [6, 6.07) is 58.6. The third-order valence-corrected chi connectivity index (χ3v) is 9.62. The Hall–Kier alpha value is -7.18. The van der Waals surface area contributed by atoms with Crippen LogP contribution >= 0.6 is 0 Å². The van der Waals surface area contributed by atoms with Gasteiger partial charge in [0.05, 0.1) is 16.7 Å². The van der Waals surface area contributed by atoms with Crippen LogP contribution in [0.3, 0.4) is 0 Å². The first kappa shape index (κ1) is 29.7. The van der Waals surface area contributed by atoms with Gasteiger partial charge in [0.15, 0.2) is 17.5 Å². The molecule has 10 rings (SSSR count). The van der Waals surface area contributed by atoms with E-state index < -0.39 is 0 Å². The predicted octanol–water partition coefficient (Wildman–Crippen LogP) is 11.0. The second-order valence-electron chi connectivity index (χ2n) is 12.8. The monoisotopic (exact) mass is 666 g/mol. The van der Waals surface area contributed by atoms with Gasteiger partial charge in [0.25, 0.3) is 0 Å². The first-order valence-corrected chi connectivity index (χ1v) is 17.3. The number of imidazole rings is 1. The molecule has 4 aromatic heterocycles. The summed E-state index contributed by atoms with van der Waals surface area (Å²) < 4.78 is 4.36. The fraction of sp³-hybridized carbons (Fsp3) is 0. The second kappa shape index (κ2) is 12.3. The van der Waals surface area contributed by atoms with Crippen molar-refractivity contribution in [1.82, 2.24) is 28.9 Å². The number of benzene rings is 6. The Morgan fingerprint density at radius 3 is 1.83 bits per heavy atom. The minimum Gasteiger partial charge on any atom is -0.309 e.